The van der Waals surface area contributed by atoms with Crippen molar-refractivity contribution >= 4 is 18.4 Å². The van der Waals surface area contributed by atoms with Crippen molar-refractivity contribution in [3.05, 3.63) is 53.9 Å². The normalized spacial score (nSPS) is 21.5. The zero-order chi connectivity index (χ0) is 14.8. The quantitative estimate of drug-likeness (QED) is 0.937. The number of likely N-dealkylation sites (tertiary alicyclic amines) is 1. The maximum Gasteiger partial charge on any atom is 0.308 e. The first-order valence-corrected chi connectivity index (χ1v) is 7.11. The van der Waals surface area contributed by atoms with E-state index in [0.29, 0.717) is 6.54 Å². The van der Waals surface area contributed by atoms with Crippen LogP contribution < -0.4 is 0 Å². The molecule has 3 rings (SSSR count). The third kappa shape index (κ3) is 3.48. The first-order chi connectivity index (χ1) is 10.1. The average Bonchev–Trinajstić information content (AvgIpc) is 3.06. The Bertz CT molecular complexity index is 629. The van der Waals surface area contributed by atoms with Crippen LogP contribution in [0.5, 0.6) is 0 Å². The number of aryl methyl sites for hydroxylation is 1. The van der Waals surface area contributed by atoms with Gasteiger partial charge in [-0.15, -0.1) is 12.4 Å². The van der Waals surface area contributed by atoms with Crippen molar-refractivity contribution < 1.29 is 9.90 Å². The maximum atomic E-state index is 11.5. The van der Waals surface area contributed by atoms with E-state index in [1.807, 2.05) is 31.4 Å². The summed E-state index contributed by atoms with van der Waals surface area (Å²) in [5.41, 5.74) is 2.23. The van der Waals surface area contributed by atoms with E-state index in [-0.39, 0.29) is 24.2 Å². The molecule has 0 saturated carbocycles. The van der Waals surface area contributed by atoms with Gasteiger partial charge < -0.3 is 5.11 Å². The Morgan fingerprint density at radius 3 is 2.64 bits per heavy atom. The lowest BCUT2D eigenvalue weighted by Crippen LogP contribution is -2.23. The second kappa shape index (κ2) is 6.94. The molecule has 2 atom stereocenters. The van der Waals surface area contributed by atoms with Gasteiger partial charge in [-0.05, 0) is 11.1 Å². The predicted molar refractivity (Wildman–Crippen MR) is 86.0 cm³/mol. The number of nitrogens with zero attached hydrogens (tertiary/aromatic N) is 3. The second-order valence-electron chi connectivity index (χ2n) is 5.68. The molecule has 1 aliphatic heterocycles. The lowest BCUT2D eigenvalue weighted by atomic mass is 9.91. The number of halogens is 1. The lowest BCUT2D eigenvalue weighted by molar-refractivity contribution is -0.141. The molecule has 118 valence electrons. The van der Waals surface area contributed by atoms with E-state index in [9.17, 15) is 9.90 Å². The standard InChI is InChI=1S/C16H19N3O2.ClH/c1-18-9-13(7-17-18)14-10-19(11-15(14)16(20)21)8-12-5-3-2-4-6-12;/h2-7,9,14-15H,8,10-11H2,1H3,(H,20,21);1H. The molecule has 1 aliphatic rings. The van der Waals surface area contributed by atoms with Crippen molar-refractivity contribution in [3.8, 4) is 0 Å². The monoisotopic (exact) mass is 321 g/mol. The molecule has 0 bridgehead atoms. The zero-order valence-electron chi connectivity index (χ0n) is 12.4. The summed E-state index contributed by atoms with van der Waals surface area (Å²) in [7, 11) is 1.86. The van der Waals surface area contributed by atoms with Crippen LogP contribution in [0.4, 0.5) is 0 Å². The summed E-state index contributed by atoms with van der Waals surface area (Å²) in [6, 6.07) is 10.2. The number of carboxylic acid groups (broad SMARTS) is 1. The third-order valence-corrected chi connectivity index (χ3v) is 4.11. The number of carboxylic acids is 1. The summed E-state index contributed by atoms with van der Waals surface area (Å²) < 4.78 is 1.73. The van der Waals surface area contributed by atoms with Gasteiger partial charge in [0.1, 0.15) is 0 Å². The Morgan fingerprint density at radius 2 is 2.05 bits per heavy atom. The molecule has 1 aromatic carbocycles. The number of hydrogen-bond donors (Lipinski definition) is 1. The van der Waals surface area contributed by atoms with Gasteiger partial charge in [0.15, 0.2) is 0 Å². The topological polar surface area (TPSA) is 58.4 Å². The van der Waals surface area contributed by atoms with Gasteiger partial charge in [-0.3, -0.25) is 14.4 Å². The fraction of sp³-hybridized carbons (Fsp3) is 0.375. The van der Waals surface area contributed by atoms with E-state index in [0.717, 1.165) is 18.7 Å². The second-order valence-corrected chi connectivity index (χ2v) is 5.68. The Balaban J connectivity index is 0.00000176. The number of carbonyl (C=O) groups is 1. The molecule has 5 nitrogen and oxygen atoms in total. The Hall–Kier alpha value is -1.85. The molecule has 0 amide bonds. The minimum Gasteiger partial charge on any atom is -0.481 e. The Labute approximate surface area is 136 Å². The number of aliphatic carboxylic acids is 1. The maximum absolute atomic E-state index is 11.5. The zero-order valence-corrected chi connectivity index (χ0v) is 13.2. The number of benzene rings is 1. The van der Waals surface area contributed by atoms with Crippen LogP contribution in [0.25, 0.3) is 0 Å². The van der Waals surface area contributed by atoms with Crippen LogP contribution in [0.2, 0.25) is 0 Å². The molecule has 1 fully saturated rings. The highest BCUT2D eigenvalue weighted by Crippen LogP contribution is 2.33. The first-order valence-electron chi connectivity index (χ1n) is 7.11. The molecule has 1 saturated heterocycles. The van der Waals surface area contributed by atoms with E-state index in [4.69, 9.17) is 0 Å². The van der Waals surface area contributed by atoms with Gasteiger partial charge in [0.2, 0.25) is 0 Å². The van der Waals surface area contributed by atoms with Gasteiger partial charge in [-0.1, -0.05) is 30.3 Å². The van der Waals surface area contributed by atoms with Crippen LogP contribution in [0, 0.1) is 5.92 Å². The average molecular weight is 322 g/mol. The van der Waals surface area contributed by atoms with Crippen LogP contribution in [0.15, 0.2) is 42.7 Å². The number of hydrogen-bond acceptors (Lipinski definition) is 3. The van der Waals surface area contributed by atoms with Gasteiger partial charge in [-0.2, -0.15) is 5.10 Å². The van der Waals surface area contributed by atoms with Crippen LogP contribution in [0.1, 0.15) is 17.0 Å². The summed E-state index contributed by atoms with van der Waals surface area (Å²) in [5, 5.41) is 13.7. The van der Waals surface area contributed by atoms with E-state index in [1.54, 1.807) is 10.9 Å². The SMILES string of the molecule is Cl.Cn1cc(C2CN(Cc3ccccc3)CC2C(=O)O)cn1. The largest absolute Gasteiger partial charge is 0.481 e. The van der Waals surface area contributed by atoms with Gasteiger partial charge in [0.25, 0.3) is 0 Å². The third-order valence-electron chi connectivity index (χ3n) is 4.11. The molecule has 1 N–H and O–H groups in total. The van der Waals surface area contributed by atoms with Crippen molar-refractivity contribution in [1.82, 2.24) is 14.7 Å². The molecule has 2 aromatic rings. The molecule has 6 heteroatoms. The molecule has 0 aliphatic carbocycles. The number of aromatic nitrogens is 2. The van der Waals surface area contributed by atoms with Gasteiger partial charge in [0.05, 0.1) is 12.1 Å². The van der Waals surface area contributed by atoms with Crippen LogP contribution >= 0.6 is 12.4 Å². The smallest absolute Gasteiger partial charge is 0.308 e. The summed E-state index contributed by atoms with van der Waals surface area (Å²) in [6.07, 6.45) is 3.71. The first kappa shape index (κ1) is 16.5. The molecule has 0 radical (unpaired) electrons. The summed E-state index contributed by atoms with van der Waals surface area (Å²) in [4.78, 5) is 13.8. The van der Waals surface area contributed by atoms with Crippen molar-refractivity contribution in [2.24, 2.45) is 13.0 Å². The van der Waals surface area contributed by atoms with Crippen molar-refractivity contribution in [2.45, 2.75) is 12.5 Å². The highest BCUT2D eigenvalue weighted by Gasteiger charge is 2.38. The van der Waals surface area contributed by atoms with Crippen molar-refractivity contribution in [2.75, 3.05) is 13.1 Å². The molecule has 22 heavy (non-hydrogen) atoms. The van der Waals surface area contributed by atoms with Gasteiger partial charge in [-0.25, -0.2) is 0 Å². The Morgan fingerprint density at radius 1 is 1.32 bits per heavy atom. The minimum absolute atomic E-state index is 0. The highest BCUT2D eigenvalue weighted by atomic mass is 35.5. The minimum atomic E-state index is -0.723. The predicted octanol–water partition coefficient (Wildman–Crippen LogP) is 2.14. The summed E-state index contributed by atoms with van der Waals surface area (Å²) in [5.74, 6) is -1.07. The molecular weight excluding hydrogens is 302 g/mol. The Kier molecular flexibility index (Phi) is 5.21. The molecule has 2 unspecified atom stereocenters. The summed E-state index contributed by atoms with van der Waals surface area (Å²) in [6.45, 7) is 2.14. The van der Waals surface area contributed by atoms with E-state index < -0.39 is 5.97 Å². The van der Waals surface area contributed by atoms with E-state index in [2.05, 4.69) is 22.1 Å². The molecule has 2 heterocycles. The van der Waals surface area contributed by atoms with Crippen LogP contribution in [0.3, 0.4) is 0 Å². The highest BCUT2D eigenvalue weighted by molar-refractivity contribution is 5.85. The number of rotatable bonds is 4. The molecule has 0 spiro atoms. The van der Waals surface area contributed by atoms with Gasteiger partial charge in [0, 0.05) is 38.8 Å². The molecule has 1 aromatic heterocycles. The van der Waals surface area contributed by atoms with E-state index in [1.165, 1.54) is 5.56 Å². The van der Waals surface area contributed by atoms with Crippen molar-refractivity contribution in [3.63, 3.8) is 0 Å². The fourth-order valence-corrected chi connectivity index (χ4v) is 3.08. The van der Waals surface area contributed by atoms with Crippen LogP contribution in [-0.2, 0) is 18.4 Å². The van der Waals surface area contributed by atoms with Gasteiger partial charge >= 0.3 is 5.97 Å². The fourth-order valence-electron chi connectivity index (χ4n) is 3.08. The van der Waals surface area contributed by atoms with E-state index >= 15 is 0 Å². The van der Waals surface area contributed by atoms with Crippen LogP contribution in [-0.4, -0.2) is 38.8 Å². The van der Waals surface area contributed by atoms with Crippen molar-refractivity contribution in [1.29, 1.82) is 0 Å². The summed E-state index contributed by atoms with van der Waals surface area (Å²) >= 11 is 0. The molecular formula is C16H20ClN3O2. The lowest BCUT2D eigenvalue weighted by Gasteiger charge is -2.15.